The van der Waals surface area contributed by atoms with Crippen molar-refractivity contribution >= 4 is 0 Å². The molecule has 2 N–H and O–H groups in total. The van der Waals surface area contributed by atoms with Crippen LogP contribution in [0.1, 0.15) is 6.92 Å². The molecule has 0 unspecified atom stereocenters. The predicted molar refractivity (Wildman–Crippen MR) is 34.4 cm³/mol. The zero-order valence-electron chi connectivity index (χ0n) is 6.71. The maximum atomic E-state index is 11.6. The Kier molecular flexibility index (Phi) is 3.60. The summed E-state index contributed by atoms with van der Waals surface area (Å²) in [6.07, 6.45) is -6.72. The van der Waals surface area contributed by atoms with Gasteiger partial charge in [-0.3, -0.25) is 0 Å². The summed E-state index contributed by atoms with van der Waals surface area (Å²) in [5.74, 6) is -9.65. The molecule has 0 aromatic rings. The van der Waals surface area contributed by atoms with Crippen LogP contribution < -0.4 is 5.73 Å². The summed E-state index contributed by atoms with van der Waals surface area (Å²) in [5.41, 5.74) is 4.85. The molecule has 0 aliphatic heterocycles. The summed E-state index contributed by atoms with van der Waals surface area (Å²) >= 11 is 0. The summed E-state index contributed by atoms with van der Waals surface area (Å²) in [7, 11) is 0. The van der Waals surface area contributed by atoms with Gasteiger partial charge in [0.25, 0.3) is 0 Å². The van der Waals surface area contributed by atoms with Crippen LogP contribution in [0.4, 0.5) is 26.3 Å². The molecular formula is C6H9F6N. The fraction of sp³-hybridized carbons (Fsp3) is 1.00. The first-order chi connectivity index (χ1) is 5.73. The van der Waals surface area contributed by atoms with Gasteiger partial charge < -0.3 is 5.73 Å². The number of alkyl halides is 6. The first kappa shape index (κ1) is 12.5. The average molecular weight is 209 g/mol. The van der Waals surface area contributed by atoms with Crippen LogP contribution in [0, 0.1) is 0 Å². The Bertz CT molecular complexity index is 153. The van der Waals surface area contributed by atoms with E-state index in [0.717, 1.165) is 6.54 Å². The summed E-state index contributed by atoms with van der Waals surface area (Å²) in [4.78, 5) is 0. The summed E-state index contributed by atoms with van der Waals surface area (Å²) in [6, 6.07) is 0. The third kappa shape index (κ3) is 1.74. The standard InChI is InChI=1S/C4H2F6.C2H7N/c5-1-2(6)4(9,10)3(1,7)8;1-2-3/h1-2H;2-3H2,1H3/t1-,2-;/m0./s1. The molecule has 0 spiro atoms. The monoisotopic (exact) mass is 209 g/mol. The Hall–Kier alpha value is -0.460. The van der Waals surface area contributed by atoms with Crippen LogP contribution in [0.3, 0.4) is 0 Å². The van der Waals surface area contributed by atoms with E-state index in [-0.39, 0.29) is 0 Å². The van der Waals surface area contributed by atoms with Gasteiger partial charge in [0.2, 0.25) is 12.3 Å². The van der Waals surface area contributed by atoms with Crippen molar-refractivity contribution in [2.45, 2.75) is 31.1 Å². The molecule has 0 aromatic carbocycles. The van der Waals surface area contributed by atoms with Gasteiger partial charge in [0.1, 0.15) is 0 Å². The first-order valence-corrected chi connectivity index (χ1v) is 3.47. The normalized spacial score (nSPS) is 34.2. The van der Waals surface area contributed by atoms with E-state index < -0.39 is 24.2 Å². The van der Waals surface area contributed by atoms with Crippen LogP contribution in [-0.4, -0.2) is 30.7 Å². The van der Waals surface area contributed by atoms with E-state index in [1.807, 2.05) is 6.92 Å². The Morgan fingerprint density at radius 3 is 1.23 bits per heavy atom. The van der Waals surface area contributed by atoms with Gasteiger partial charge in [-0.25, -0.2) is 8.78 Å². The zero-order valence-corrected chi connectivity index (χ0v) is 6.71. The van der Waals surface area contributed by atoms with E-state index in [0.29, 0.717) is 0 Å². The summed E-state index contributed by atoms with van der Waals surface area (Å²) in [5, 5.41) is 0. The maximum absolute atomic E-state index is 11.6. The van der Waals surface area contributed by atoms with Crippen LogP contribution in [-0.2, 0) is 0 Å². The molecule has 13 heavy (non-hydrogen) atoms. The molecule has 0 saturated heterocycles. The fourth-order valence-electron chi connectivity index (χ4n) is 0.639. The number of nitrogens with two attached hydrogens (primary N) is 1. The minimum atomic E-state index is -4.83. The van der Waals surface area contributed by atoms with Gasteiger partial charge in [0.15, 0.2) is 0 Å². The van der Waals surface area contributed by atoms with Gasteiger partial charge in [-0.1, -0.05) is 6.92 Å². The molecule has 2 atom stereocenters. The SMILES string of the molecule is CCN.F[C@H]1[C@H](F)C(F)(F)C1(F)F. The molecule has 0 heterocycles. The van der Waals surface area contributed by atoms with E-state index in [9.17, 15) is 26.3 Å². The van der Waals surface area contributed by atoms with Gasteiger partial charge in [-0.05, 0) is 6.54 Å². The molecule has 1 nitrogen and oxygen atoms in total. The highest BCUT2D eigenvalue weighted by atomic mass is 19.3. The molecule has 0 bridgehead atoms. The van der Waals surface area contributed by atoms with Crippen molar-refractivity contribution in [3.63, 3.8) is 0 Å². The average Bonchev–Trinajstić information content (AvgIpc) is 2.02. The van der Waals surface area contributed by atoms with Crippen molar-refractivity contribution in [1.29, 1.82) is 0 Å². The minimum Gasteiger partial charge on any atom is -0.331 e. The van der Waals surface area contributed by atoms with Crippen molar-refractivity contribution in [2.75, 3.05) is 6.54 Å². The van der Waals surface area contributed by atoms with Gasteiger partial charge in [-0.15, -0.1) is 0 Å². The topological polar surface area (TPSA) is 26.0 Å². The lowest BCUT2D eigenvalue weighted by Gasteiger charge is -2.41. The highest BCUT2D eigenvalue weighted by molar-refractivity contribution is 5.12. The Balaban J connectivity index is 0.000000424. The Morgan fingerprint density at radius 1 is 1.00 bits per heavy atom. The van der Waals surface area contributed by atoms with Crippen LogP contribution in [0.2, 0.25) is 0 Å². The smallest absolute Gasteiger partial charge is 0.331 e. The Labute approximate surface area is 70.9 Å². The Morgan fingerprint density at radius 2 is 1.15 bits per heavy atom. The molecule has 7 heteroatoms. The largest absolute Gasteiger partial charge is 0.346 e. The van der Waals surface area contributed by atoms with E-state index in [2.05, 4.69) is 0 Å². The highest BCUT2D eigenvalue weighted by Gasteiger charge is 2.81. The second kappa shape index (κ2) is 3.73. The lowest BCUT2D eigenvalue weighted by Crippen LogP contribution is -2.70. The fourth-order valence-corrected chi connectivity index (χ4v) is 0.639. The minimum absolute atomic E-state index is 0.750. The highest BCUT2D eigenvalue weighted by Crippen LogP contribution is 2.54. The van der Waals surface area contributed by atoms with E-state index >= 15 is 0 Å². The van der Waals surface area contributed by atoms with Gasteiger partial charge in [-0.2, -0.15) is 17.6 Å². The number of hydrogen-bond donors (Lipinski definition) is 1. The molecule has 1 aliphatic rings. The van der Waals surface area contributed by atoms with Crippen molar-refractivity contribution < 1.29 is 26.3 Å². The molecule has 80 valence electrons. The van der Waals surface area contributed by atoms with Crippen molar-refractivity contribution in [3.8, 4) is 0 Å². The molecule has 0 amide bonds. The molecule has 0 aromatic heterocycles. The van der Waals surface area contributed by atoms with E-state index in [1.54, 1.807) is 0 Å². The van der Waals surface area contributed by atoms with Gasteiger partial charge >= 0.3 is 11.8 Å². The molecule has 1 aliphatic carbocycles. The zero-order chi connectivity index (χ0) is 10.9. The van der Waals surface area contributed by atoms with Crippen molar-refractivity contribution in [2.24, 2.45) is 5.73 Å². The van der Waals surface area contributed by atoms with Crippen LogP contribution in [0.5, 0.6) is 0 Å². The molecule has 1 saturated carbocycles. The molecular weight excluding hydrogens is 200 g/mol. The van der Waals surface area contributed by atoms with Crippen molar-refractivity contribution in [3.05, 3.63) is 0 Å². The predicted octanol–water partition coefficient (Wildman–Crippen LogP) is 1.91. The lowest BCUT2D eigenvalue weighted by molar-refractivity contribution is -0.351. The lowest BCUT2D eigenvalue weighted by atomic mass is 9.85. The van der Waals surface area contributed by atoms with Gasteiger partial charge in [0.05, 0.1) is 0 Å². The summed E-state index contributed by atoms with van der Waals surface area (Å²) < 4.78 is 69.5. The third-order valence-corrected chi connectivity index (χ3v) is 1.39. The molecule has 1 fully saturated rings. The summed E-state index contributed by atoms with van der Waals surface area (Å²) in [6.45, 7) is 2.65. The second-order valence-corrected chi connectivity index (χ2v) is 2.46. The van der Waals surface area contributed by atoms with Gasteiger partial charge in [0, 0.05) is 0 Å². The quantitative estimate of drug-likeness (QED) is 0.606. The van der Waals surface area contributed by atoms with Crippen molar-refractivity contribution in [1.82, 2.24) is 0 Å². The maximum Gasteiger partial charge on any atom is 0.346 e. The molecule has 1 rings (SSSR count). The third-order valence-electron chi connectivity index (χ3n) is 1.39. The van der Waals surface area contributed by atoms with Crippen LogP contribution in [0.25, 0.3) is 0 Å². The van der Waals surface area contributed by atoms with E-state index in [4.69, 9.17) is 5.73 Å². The second-order valence-electron chi connectivity index (χ2n) is 2.46. The molecule has 0 radical (unpaired) electrons. The number of hydrogen-bond acceptors (Lipinski definition) is 1. The van der Waals surface area contributed by atoms with Crippen LogP contribution in [0.15, 0.2) is 0 Å². The van der Waals surface area contributed by atoms with E-state index in [1.165, 1.54) is 0 Å². The number of rotatable bonds is 0. The first-order valence-electron chi connectivity index (χ1n) is 3.47. The number of halogens is 6. The van der Waals surface area contributed by atoms with Crippen LogP contribution >= 0.6 is 0 Å².